The van der Waals surface area contributed by atoms with Crippen LogP contribution in [0.15, 0.2) is 0 Å². The van der Waals surface area contributed by atoms with Crippen LogP contribution in [0, 0.1) is 0 Å². The number of alkyl halides is 1. The van der Waals surface area contributed by atoms with Gasteiger partial charge in [-0.3, -0.25) is 0 Å². The monoisotopic (exact) mass is 133 g/mol. The van der Waals surface area contributed by atoms with Crippen molar-refractivity contribution in [2.24, 2.45) is 5.73 Å². The number of hydrogen-bond donors (Lipinski definition) is 1. The van der Waals surface area contributed by atoms with Crippen LogP contribution in [0.4, 0.5) is 0 Å². The molecule has 8 heavy (non-hydrogen) atoms. The van der Waals surface area contributed by atoms with Gasteiger partial charge < -0.3 is 5.73 Å². The predicted octanol–water partition coefficient (Wildman–Crippen LogP) is 1.50. The lowest BCUT2D eigenvalue weighted by Crippen LogP contribution is -2.33. The van der Waals surface area contributed by atoms with Crippen molar-refractivity contribution < 1.29 is 0 Å². The highest BCUT2D eigenvalue weighted by Crippen LogP contribution is 2.20. The smallest absolute Gasteiger partial charge is 0.0487 e. The van der Waals surface area contributed by atoms with Crippen LogP contribution in [-0.2, 0) is 0 Å². The zero-order chi connectivity index (χ0) is 5.98. The molecule has 0 amide bonds. The zero-order valence-electron chi connectivity index (χ0n) is 4.94. The Balaban J connectivity index is 2.28. The summed E-state index contributed by atoms with van der Waals surface area (Å²) in [6, 6.07) is 0.269. The number of halogens is 1. The summed E-state index contributed by atoms with van der Waals surface area (Å²) < 4.78 is 0. The van der Waals surface area contributed by atoms with E-state index in [1.807, 2.05) is 0 Å². The minimum absolute atomic E-state index is 0.253. The number of rotatable bonds is 0. The summed E-state index contributed by atoms with van der Waals surface area (Å²) in [7, 11) is 0. The minimum Gasteiger partial charge on any atom is -0.326 e. The molecule has 1 saturated carbocycles. The van der Waals surface area contributed by atoms with E-state index in [0.717, 1.165) is 12.8 Å². The summed E-state index contributed by atoms with van der Waals surface area (Å²) in [4.78, 5) is 0. The van der Waals surface area contributed by atoms with Crippen LogP contribution in [0.2, 0.25) is 0 Å². The molecule has 0 aromatic heterocycles. The lowest BCUT2D eigenvalue weighted by atomic mass is 9.96. The number of nitrogens with two attached hydrogens (primary N) is 1. The van der Waals surface area contributed by atoms with Gasteiger partial charge in [0.15, 0.2) is 0 Å². The third-order valence-electron chi connectivity index (χ3n) is 1.73. The summed E-state index contributed by atoms with van der Waals surface area (Å²) >= 11 is 5.84. The maximum absolute atomic E-state index is 5.84. The Hall–Kier alpha value is 0.250. The molecule has 0 spiro atoms. The highest BCUT2D eigenvalue weighted by Gasteiger charge is 2.18. The van der Waals surface area contributed by atoms with Crippen LogP contribution in [0.25, 0.3) is 0 Å². The van der Waals surface area contributed by atoms with Gasteiger partial charge >= 0.3 is 0 Å². The van der Waals surface area contributed by atoms with Crippen molar-refractivity contribution in [3.05, 3.63) is 0 Å². The van der Waals surface area contributed by atoms with Crippen molar-refractivity contribution in [1.29, 1.82) is 0 Å². The van der Waals surface area contributed by atoms with Crippen LogP contribution in [0.3, 0.4) is 0 Å². The van der Waals surface area contributed by atoms with Crippen molar-refractivity contribution in [2.75, 3.05) is 0 Å². The average molecular weight is 134 g/mol. The fourth-order valence-electron chi connectivity index (χ4n) is 1.11. The van der Waals surface area contributed by atoms with E-state index in [-0.39, 0.29) is 11.4 Å². The molecule has 48 valence electrons. The Morgan fingerprint density at radius 1 is 1.25 bits per heavy atom. The molecule has 0 aliphatic heterocycles. The molecule has 1 rings (SSSR count). The average Bonchev–Trinajstić information content (AvgIpc) is 1.77. The van der Waals surface area contributed by atoms with Crippen LogP contribution in [-0.4, -0.2) is 11.4 Å². The van der Waals surface area contributed by atoms with Gasteiger partial charge in [0.2, 0.25) is 0 Å². The van der Waals surface area contributed by atoms with Gasteiger partial charge in [-0.15, -0.1) is 11.6 Å². The molecule has 2 N–H and O–H groups in total. The molecule has 1 aliphatic carbocycles. The van der Waals surface area contributed by atoms with Crippen molar-refractivity contribution >= 4 is 11.6 Å². The quantitative estimate of drug-likeness (QED) is 0.498. The lowest BCUT2D eigenvalue weighted by molar-refractivity contribution is 0.448. The molecular formula is C6H12ClN. The van der Waals surface area contributed by atoms with Crippen molar-refractivity contribution in [3.8, 4) is 0 Å². The molecule has 0 saturated heterocycles. The summed E-state index contributed by atoms with van der Waals surface area (Å²) in [5, 5.41) is 0.253. The first kappa shape index (κ1) is 6.37. The van der Waals surface area contributed by atoms with Crippen molar-refractivity contribution in [1.82, 2.24) is 0 Å². The van der Waals surface area contributed by atoms with Gasteiger partial charge in [0, 0.05) is 11.4 Å². The maximum atomic E-state index is 5.84. The van der Waals surface area contributed by atoms with E-state index in [0.29, 0.717) is 0 Å². The number of hydrogen-bond acceptors (Lipinski definition) is 1. The summed E-state index contributed by atoms with van der Waals surface area (Å²) in [6.07, 6.45) is 4.77. The van der Waals surface area contributed by atoms with E-state index < -0.39 is 0 Å². The van der Waals surface area contributed by atoms with Crippen LogP contribution in [0.1, 0.15) is 25.7 Å². The van der Waals surface area contributed by atoms with Crippen LogP contribution < -0.4 is 5.73 Å². The van der Waals surface area contributed by atoms with Gasteiger partial charge in [0.1, 0.15) is 0 Å². The molecule has 0 heterocycles. The second-order valence-corrected chi connectivity index (χ2v) is 3.02. The van der Waals surface area contributed by atoms with Gasteiger partial charge in [0.25, 0.3) is 0 Å². The zero-order valence-corrected chi connectivity index (χ0v) is 5.69. The standard InChI is InChI=1S/C6H12ClN/c7-5-3-1-2-4-6(5)8/h5-6H,1-4,8H2/t5?,6-/m1/s1. The minimum atomic E-state index is 0.253. The van der Waals surface area contributed by atoms with Gasteiger partial charge in [0.05, 0.1) is 0 Å². The normalized spacial score (nSPS) is 39.8. The molecule has 0 aromatic carbocycles. The lowest BCUT2D eigenvalue weighted by Gasteiger charge is -2.22. The largest absolute Gasteiger partial charge is 0.326 e. The Morgan fingerprint density at radius 3 is 2.25 bits per heavy atom. The second-order valence-electron chi connectivity index (χ2n) is 2.46. The Labute approximate surface area is 55.2 Å². The Bertz CT molecular complexity index is 64.9. The van der Waals surface area contributed by atoms with E-state index in [1.165, 1.54) is 12.8 Å². The van der Waals surface area contributed by atoms with E-state index in [1.54, 1.807) is 0 Å². The summed E-state index contributed by atoms with van der Waals surface area (Å²) in [6.45, 7) is 0. The molecular weight excluding hydrogens is 122 g/mol. The van der Waals surface area contributed by atoms with Crippen molar-refractivity contribution in [3.63, 3.8) is 0 Å². The van der Waals surface area contributed by atoms with E-state index in [9.17, 15) is 0 Å². The Kier molecular flexibility index (Phi) is 2.15. The van der Waals surface area contributed by atoms with Gasteiger partial charge in [-0.1, -0.05) is 12.8 Å². The fraction of sp³-hybridized carbons (Fsp3) is 1.00. The second kappa shape index (κ2) is 2.70. The van der Waals surface area contributed by atoms with E-state index in [2.05, 4.69) is 0 Å². The topological polar surface area (TPSA) is 26.0 Å². The third-order valence-corrected chi connectivity index (χ3v) is 2.27. The molecule has 2 heteroatoms. The third kappa shape index (κ3) is 1.36. The summed E-state index contributed by atoms with van der Waals surface area (Å²) in [5.74, 6) is 0. The molecule has 1 aliphatic rings. The molecule has 1 nitrogen and oxygen atoms in total. The van der Waals surface area contributed by atoms with Gasteiger partial charge in [-0.25, -0.2) is 0 Å². The van der Waals surface area contributed by atoms with E-state index in [4.69, 9.17) is 17.3 Å². The molecule has 0 bridgehead atoms. The molecule has 1 unspecified atom stereocenters. The first-order chi connectivity index (χ1) is 3.80. The van der Waals surface area contributed by atoms with E-state index >= 15 is 0 Å². The summed E-state index contributed by atoms with van der Waals surface area (Å²) in [5.41, 5.74) is 5.65. The Morgan fingerprint density at radius 2 is 1.88 bits per heavy atom. The SMILES string of the molecule is N[C@@H]1CCCCC1Cl. The van der Waals surface area contributed by atoms with Crippen molar-refractivity contribution in [2.45, 2.75) is 37.1 Å². The molecule has 0 radical (unpaired) electrons. The highest BCUT2D eigenvalue weighted by atomic mass is 35.5. The first-order valence-electron chi connectivity index (χ1n) is 3.20. The van der Waals surface area contributed by atoms with Gasteiger partial charge in [-0.2, -0.15) is 0 Å². The molecule has 1 fully saturated rings. The fourth-order valence-corrected chi connectivity index (χ4v) is 1.39. The molecule has 2 atom stereocenters. The first-order valence-corrected chi connectivity index (χ1v) is 3.64. The van der Waals surface area contributed by atoms with Crippen LogP contribution >= 0.6 is 11.6 Å². The predicted molar refractivity (Wildman–Crippen MR) is 36.1 cm³/mol. The highest BCUT2D eigenvalue weighted by molar-refractivity contribution is 6.21. The van der Waals surface area contributed by atoms with Gasteiger partial charge in [-0.05, 0) is 12.8 Å². The molecule has 0 aromatic rings. The van der Waals surface area contributed by atoms with Crippen LogP contribution in [0.5, 0.6) is 0 Å². The maximum Gasteiger partial charge on any atom is 0.0487 e.